The smallest absolute Gasteiger partial charge is 0.341 e. The third-order valence-electron chi connectivity index (χ3n) is 10.6. The fourth-order valence-corrected chi connectivity index (χ4v) is 8.15. The first-order chi connectivity index (χ1) is 23.7. The maximum absolute atomic E-state index is 14.0. The van der Waals surface area contributed by atoms with E-state index in [-0.39, 0.29) is 30.1 Å². The van der Waals surface area contributed by atoms with Crippen LogP contribution in [0.15, 0.2) is 33.5 Å². The molecule has 14 heteroatoms. The number of aryl methyl sites for hydroxylation is 2. The summed E-state index contributed by atoms with van der Waals surface area (Å²) in [5.74, 6) is -1.04. The zero-order valence-electron chi connectivity index (χ0n) is 30.0. The minimum Gasteiger partial charge on any atom is -0.422 e. The number of ether oxygens (including phenoxy) is 1. The van der Waals surface area contributed by atoms with Gasteiger partial charge >= 0.3 is 15.8 Å². The molecule has 0 spiro atoms. The zero-order chi connectivity index (χ0) is 36.1. The maximum atomic E-state index is 14.0. The fraction of sp³-hybridized carbons (Fsp3) is 0.528. The lowest BCUT2D eigenvalue weighted by Crippen LogP contribution is -2.53. The molecule has 6 rings (SSSR count). The number of likely N-dealkylation sites (N-methyl/N-ethyl adjacent to an activating group) is 1. The van der Waals surface area contributed by atoms with Crippen LogP contribution in [0.5, 0.6) is 0 Å². The summed E-state index contributed by atoms with van der Waals surface area (Å²) in [6, 6.07) is 7.28. The predicted octanol–water partition coefficient (Wildman–Crippen LogP) is 2.90. The van der Waals surface area contributed by atoms with Crippen LogP contribution in [0, 0.1) is 13.8 Å². The van der Waals surface area contributed by atoms with Gasteiger partial charge in [0, 0.05) is 82.2 Å². The SMILES string of the molecule is COC[C@H]1CN(c2cc(C)c3c4c(c(=O)oc3c2C)CN(C(=O)c2ccc(C(=O)NS(=O)(=O)N(C)C)c(N3CCC[C@@H]3C)c2)CC4)CCN1C. The number of benzene rings is 2. The lowest BCUT2D eigenvalue weighted by molar-refractivity contribution is 0.0732. The highest BCUT2D eigenvalue weighted by molar-refractivity contribution is 7.87. The molecule has 0 radical (unpaired) electrons. The van der Waals surface area contributed by atoms with Crippen molar-refractivity contribution < 1.29 is 27.2 Å². The monoisotopic (exact) mass is 708 g/mol. The molecule has 2 amide bonds. The van der Waals surface area contributed by atoms with Crippen LogP contribution < -0.4 is 20.1 Å². The van der Waals surface area contributed by atoms with Crippen molar-refractivity contribution in [1.82, 2.24) is 18.8 Å². The van der Waals surface area contributed by atoms with Crippen LogP contribution in [0.25, 0.3) is 11.0 Å². The molecular formula is C36H48N6O7S. The zero-order valence-corrected chi connectivity index (χ0v) is 30.9. The summed E-state index contributed by atoms with van der Waals surface area (Å²) in [4.78, 5) is 49.2. The van der Waals surface area contributed by atoms with Gasteiger partial charge in [0.25, 0.3) is 11.8 Å². The third kappa shape index (κ3) is 6.61. The molecule has 0 saturated carbocycles. The average molecular weight is 709 g/mol. The second-order valence-corrected chi connectivity index (χ2v) is 15.9. The number of carbonyl (C=O) groups excluding carboxylic acids is 2. The molecule has 270 valence electrons. The van der Waals surface area contributed by atoms with Gasteiger partial charge in [-0.1, -0.05) is 0 Å². The van der Waals surface area contributed by atoms with Crippen LogP contribution in [0.4, 0.5) is 11.4 Å². The molecule has 13 nitrogen and oxygen atoms in total. The average Bonchev–Trinajstić information content (AvgIpc) is 3.51. The number of rotatable bonds is 8. The van der Waals surface area contributed by atoms with E-state index in [0.717, 1.165) is 64.5 Å². The molecular weight excluding hydrogens is 660 g/mol. The van der Waals surface area contributed by atoms with Gasteiger partial charge in [0.05, 0.1) is 36.0 Å². The molecule has 2 fully saturated rings. The van der Waals surface area contributed by atoms with Gasteiger partial charge in [-0.25, -0.2) is 9.52 Å². The van der Waals surface area contributed by atoms with E-state index in [1.165, 1.54) is 20.2 Å². The summed E-state index contributed by atoms with van der Waals surface area (Å²) in [5, 5.41) is 0.934. The molecule has 2 aromatic carbocycles. The number of hydrogen-bond acceptors (Lipinski definition) is 10. The molecule has 3 aliphatic heterocycles. The maximum Gasteiger partial charge on any atom is 0.341 e. The molecule has 2 atom stereocenters. The lowest BCUT2D eigenvalue weighted by Gasteiger charge is -2.41. The van der Waals surface area contributed by atoms with Crippen molar-refractivity contribution in [3.05, 3.63) is 68.1 Å². The number of methoxy groups -OCH3 is 1. The van der Waals surface area contributed by atoms with Gasteiger partial charge in [0.2, 0.25) is 0 Å². The Kier molecular flexibility index (Phi) is 10.0. The summed E-state index contributed by atoms with van der Waals surface area (Å²) >= 11 is 0. The molecule has 50 heavy (non-hydrogen) atoms. The van der Waals surface area contributed by atoms with E-state index in [4.69, 9.17) is 9.15 Å². The van der Waals surface area contributed by atoms with Crippen molar-refractivity contribution in [2.45, 2.75) is 58.7 Å². The highest BCUT2D eigenvalue weighted by Crippen LogP contribution is 2.37. The minimum atomic E-state index is -4.02. The largest absolute Gasteiger partial charge is 0.422 e. The molecule has 1 N–H and O–H groups in total. The van der Waals surface area contributed by atoms with Crippen LogP contribution in [-0.2, 0) is 27.9 Å². The van der Waals surface area contributed by atoms with Crippen LogP contribution in [0.2, 0.25) is 0 Å². The number of nitrogens with one attached hydrogen (secondary N) is 1. The van der Waals surface area contributed by atoms with Crippen molar-refractivity contribution >= 4 is 44.4 Å². The van der Waals surface area contributed by atoms with E-state index in [2.05, 4.69) is 27.6 Å². The van der Waals surface area contributed by atoms with Gasteiger partial charge in [0.15, 0.2) is 0 Å². The van der Waals surface area contributed by atoms with Crippen molar-refractivity contribution in [3.63, 3.8) is 0 Å². The van der Waals surface area contributed by atoms with Crippen LogP contribution in [-0.4, -0.2) is 114 Å². The lowest BCUT2D eigenvalue weighted by atomic mass is 9.92. The number of amides is 2. The quantitative estimate of drug-likeness (QED) is 0.348. The molecule has 1 aromatic heterocycles. The highest BCUT2D eigenvalue weighted by Gasteiger charge is 2.32. The first kappa shape index (κ1) is 35.8. The number of hydrogen-bond donors (Lipinski definition) is 1. The first-order valence-corrected chi connectivity index (χ1v) is 18.6. The normalized spacial score (nSPS) is 20.1. The summed E-state index contributed by atoms with van der Waals surface area (Å²) in [7, 11) is 2.50. The third-order valence-corrected chi connectivity index (χ3v) is 12.0. The summed E-state index contributed by atoms with van der Waals surface area (Å²) < 4.78 is 39.5. The number of nitrogens with zero attached hydrogens (tertiary/aromatic N) is 5. The second-order valence-electron chi connectivity index (χ2n) is 14.0. The van der Waals surface area contributed by atoms with Crippen molar-refractivity contribution in [1.29, 1.82) is 0 Å². The minimum absolute atomic E-state index is 0.0998. The summed E-state index contributed by atoms with van der Waals surface area (Å²) in [6.07, 6.45) is 2.31. The molecule has 0 unspecified atom stereocenters. The predicted molar refractivity (Wildman–Crippen MR) is 193 cm³/mol. The number of anilines is 2. The Labute approximate surface area is 293 Å². The van der Waals surface area contributed by atoms with Crippen LogP contribution in [0.3, 0.4) is 0 Å². The Bertz CT molecular complexity index is 1990. The standard InChI is InChI=1S/C36H48N6O7S/c1-22-17-30(40-16-15-39(6)26(19-40)21-48-7)24(3)33-32(22)27-12-14-41(20-29(27)36(45)49-33)35(44)25-10-11-28(34(43)37-50(46,47)38(4)5)31(18-25)42-13-8-9-23(42)2/h10-11,17-18,23,26H,8-9,12-16,19-21H2,1-7H3,(H,37,43)/t23-,26+/m0/s1. The summed E-state index contributed by atoms with van der Waals surface area (Å²) in [5.41, 5.74) is 5.59. The molecule has 3 aliphatic rings. The molecule has 0 aliphatic carbocycles. The van der Waals surface area contributed by atoms with E-state index in [1.54, 1.807) is 24.1 Å². The topological polar surface area (TPSA) is 136 Å². The highest BCUT2D eigenvalue weighted by atomic mass is 32.2. The molecule has 3 aromatic rings. The van der Waals surface area contributed by atoms with Gasteiger partial charge in [-0.05, 0) is 82.5 Å². The fourth-order valence-electron chi connectivity index (χ4n) is 7.62. The summed E-state index contributed by atoms with van der Waals surface area (Å²) in [6.45, 7) is 10.5. The van der Waals surface area contributed by atoms with Crippen molar-refractivity contribution in [2.75, 3.05) is 77.4 Å². The van der Waals surface area contributed by atoms with E-state index >= 15 is 0 Å². The van der Waals surface area contributed by atoms with Crippen LogP contribution >= 0.6 is 0 Å². The Morgan fingerprint density at radius 3 is 2.50 bits per heavy atom. The van der Waals surface area contributed by atoms with Crippen LogP contribution in [0.1, 0.15) is 62.7 Å². The van der Waals surface area contributed by atoms with E-state index < -0.39 is 21.7 Å². The van der Waals surface area contributed by atoms with E-state index in [0.29, 0.717) is 48.5 Å². The van der Waals surface area contributed by atoms with Gasteiger partial charge in [-0.15, -0.1) is 0 Å². The number of fused-ring (bicyclic) bond motifs is 3. The molecule has 4 heterocycles. The Morgan fingerprint density at radius 1 is 1.06 bits per heavy atom. The first-order valence-electron chi connectivity index (χ1n) is 17.2. The van der Waals surface area contributed by atoms with Gasteiger partial charge in [-0.2, -0.15) is 12.7 Å². The Hall–Kier alpha value is -3.98. The van der Waals surface area contributed by atoms with E-state index in [9.17, 15) is 22.8 Å². The Morgan fingerprint density at radius 2 is 1.82 bits per heavy atom. The number of piperazine rings is 1. The van der Waals surface area contributed by atoms with E-state index in [1.807, 2.05) is 25.7 Å². The van der Waals surface area contributed by atoms with Gasteiger partial charge in [0.1, 0.15) is 5.58 Å². The molecule has 0 bridgehead atoms. The van der Waals surface area contributed by atoms with Crippen molar-refractivity contribution in [3.8, 4) is 0 Å². The van der Waals surface area contributed by atoms with Crippen molar-refractivity contribution in [2.24, 2.45) is 0 Å². The second kappa shape index (κ2) is 14.0. The molecule has 2 saturated heterocycles. The van der Waals surface area contributed by atoms with Gasteiger partial charge in [-0.3, -0.25) is 14.5 Å². The number of carbonyl (C=O) groups is 2. The van der Waals surface area contributed by atoms with Gasteiger partial charge < -0.3 is 23.9 Å². The Balaban J connectivity index is 1.30.